The van der Waals surface area contributed by atoms with Gasteiger partial charge in [-0.3, -0.25) is 9.63 Å². The van der Waals surface area contributed by atoms with Crippen molar-refractivity contribution in [3.63, 3.8) is 0 Å². The smallest absolute Gasteiger partial charge is 0.277 e. The first kappa shape index (κ1) is 18.6. The highest BCUT2D eigenvalue weighted by atomic mass is 19.1. The molecule has 28 heavy (non-hydrogen) atoms. The van der Waals surface area contributed by atoms with Crippen molar-refractivity contribution >= 4 is 16.8 Å². The molecule has 2 N–H and O–H groups in total. The maximum Gasteiger partial charge on any atom is 0.277 e. The van der Waals surface area contributed by atoms with Crippen molar-refractivity contribution in [2.75, 3.05) is 13.7 Å². The van der Waals surface area contributed by atoms with Crippen LogP contribution in [-0.2, 0) is 9.57 Å². The molecule has 1 saturated heterocycles. The minimum absolute atomic E-state index is 0.0191. The molecule has 7 heteroatoms. The van der Waals surface area contributed by atoms with Gasteiger partial charge in [0.15, 0.2) is 0 Å². The molecule has 5 nitrogen and oxygen atoms in total. The molecule has 3 aromatic rings. The standard InChI is InChI=1S/C21H20F2N2O3/c1-27-25-21(26)14-11-24-16-10-15(22)18(20(23)19(14)16)13-7-5-12(6-8-13)17-4-2-3-9-28-17/h5-8,10-11,17,24H,2-4,9H2,1H3,(H,25,26). The lowest BCUT2D eigenvalue weighted by Crippen LogP contribution is -2.21. The van der Waals surface area contributed by atoms with E-state index in [0.29, 0.717) is 5.56 Å². The predicted molar refractivity (Wildman–Crippen MR) is 101 cm³/mol. The molecule has 1 amide bonds. The highest BCUT2D eigenvalue weighted by molar-refractivity contribution is 6.07. The number of amides is 1. The molecule has 2 aromatic carbocycles. The summed E-state index contributed by atoms with van der Waals surface area (Å²) in [7, 11) is 1.28. The van der Waals surface area contributed by atoms with Crippen LogP contribution in [0.15, 0.2) is 36.5 Å². The Hall–Kier alpha value is -2.77. The van der Waals surface area contributed by atoms with E-state index >= 15 is 4.39 Å². The number of carbonyl (C=O) groups excluding carboxylic acids is 1. The lowest BCUT2D eigenvalue weighted by molar-refractivity contribution is 0.0149. The molecule has 4 rings (SSSR count). The Balaban J connectivity index is 1.75. The molecule has 0 aliphatic carbocycles. The van der Waals surface area contributed by atoms with Crippen molar-refractivity contribution < 1.29 is 23.1 Å². The fraction of sp³-hybridized carbons (Fsp3) is 0.286. The highest BCUT2D eigenvalue weighted by Crippen LogP contribution is 2.35. The summed E-state index contributed by atoms with van der Waals surface area (Å²) in [5, 5.41) is 0.0191. The van der Waals surface area contributed by atoms with E-state index in [9.17, 15) is 9.18 Å². The number of hydrogen-bond acceptors (Lipinski definition) is 3. The summed E-state index contributed by atoms with van der Waals surface area (Å²) in [4.78, 5) is 19.4. The average molecular weight is 386 g/mol. The maximum absolute atomic E-state index is 15.3. The first-order chi connectivity index (χ1) is 13.6. The van der Waals surface area contributed by atoms with Crippen molar-refractivity contribution in [3.8, 4) is 11.1 Å². The average Bonchev–Trinajstić information content (AvgIpc) is 3.13. The van der Waals surface area contributed by atoms with Crippen LogP contribution < -0.4 is 5.48 Å². The zero-order valence-corrected chi connectivity index (χ0v) is 15.4. The van der Waals surface area contributed by atoms with E-state index in [1.807, 2.05) is 12.1 Å². The van der Waals surface area contributed by atoms with Gasteiger partial charge >= 0.3 is 0 Å². The van der Waals surface area contributed by atoms with Gasteiger partial charge in [0.2, 0.25) is 0 Å². The predicted octanol–water partition coefficient (Wildman–Crippen LogP) is 4.65. The number of rotatable bonds is 4. The monoisotopic (exact) mass is 386 g/mol. The summed E-state index contributed by atoms with van der Waals surface area (Å²) in [6.45, 7) is 0.728. The van der Waals surface area contributed by atoms with Crippen LogP contribution in [0.1, 0.15) is 41.3 Å². The second-order valence-electron chi connectivity index (χ2n) is 6.78. The second kappa shape index (κ2) is 7.69. The lowest BCUT2D eigenvalue weighted by Gasteiger charge is -2.23. The molecule has 0 bridgehead atoms. The number of hydrogen-bond donors (Lipinski definition) is 2. The minimum atomic E-state index is -0.792. The van der Waals surface area contributed by atoms with Crippen LogP contribution in [0.2, 0.25) is 0 Å². The minimum Gasteiger partial charge on any atom is -0.374 e. The molecule has 1 aliphatic heterocycles. The van der Waals surface area contributed by atoms with Gasteiger partial charge in [0.25, 0.3) is 5.91 Å². The van der Waals surface area contributed by atoms with Gasteiger partial charge in [-0.25, -0.2) is 14.3 Å². The fourth-order valence-corrected chi connectivity index (χ4v) is 3.68. The molecular weight excluding hydrogens is 366 g/mol. The van der Waals surface area contributed by atoms with E-state index in [2.05, 4.69) is 15.3 Å². The second-order valence-corrected chi connectivity index (χ2v) is 6.78. The first-order valence-corrected chi connectivity index (χ1v) is 9.14. The summed E-state index contributed by atoms with van der Waals surface area (Å²) < 4.78 is 35.7. The Morgan fingerprint density at radius 2 is 2.04 bits per heavy atom. The van der Waals surface area contributed by atoms with Gasteiger partial charge in [0, 0.05) is 18.2 Å². The van der Waals surface area contributed by atoms with Gasteiger partial charge in [-0.05, 0) is 36.5 Å². The highest BCUT2D eigenvalue weighted by Gasteiger charge is 2.23. The van der Waals surface area contributed by atoms with Crippen LogP contribution >= 0.6 is 0 Å². The number of benzene rings is 2. The largest absolute Gasteiger partial charge is 0.374 e. The third-order valence-electron chi connectivity index (χ3n) is 5.05. The Labute approximate surface area is 160 Å². The number of H-pyrrole nitrogens is 1. The summed E-state index contributed by atoms with van der Waals surface area (Å²) in [5.74, 6) is -2.11. The zero-order chi connectivity index (χ0) is 19.7. The molecule has 0 radical (unpaired) electrons. The van der Waals surface area contributed by atoms with Crippen LogP contribution in [0.3, 0.4) is 0 Å². The van der Waals surface area contributed by atoms with Gasteiger partial charge in [-0.2, -0.15) is 0 Å². The molecule has 1 aromatic heterocycles. The number of hydroxylamine groups is 1. The van der Waals surface area contributed by atoms with Crippen LogP contribution in [0.5, 0.6) is 0 Å². The van der Waals surface area contributed by atoms with Crippen molar-refractivity contribution in [3.05, 3.63) is 59.3 Å². The molecule has 2 heterocycles. The third-order valence-corrected chi connectivity index (χ3v) is 5.05. The van der Waals surface area contributed by atoms with Crippen molar-refractivity contribution in [1.29, 1.82) is 0 Å². The van der Waals surface area contributed by atoms with Gasteiger partial charge in [-0.1, -0.05) is 24.3 Å². The lowest BCUT2D eigenvalue weighted by atomic mass is 9.96. The number of aromatic amines is 1. The quantitative estimate of drug-likeness (QED) is 0.642. The first-order valence-electron chi connectivity index (χ1n) is 9.14. The summed E-state index contributed by atoms with van der Waals surface area (Å²) >= 11 is 0. The third kappa shape index (κ3) is 3.27. The number of aromatic nitrogens is 1. The van der Waals surface area contributed by atoms with Gasteiger partial charge in [0.05, 0.1) is 29.9 Å². The number of carbonyl (C=O) groups is 1. The van der Waals surface area contributed by atoms with Crippen molar-refractivity contribution in [2.24, 2.45) is 0 Å². The molecule has 0 saturated carbocycles. The summed E-state index contributed by atoms with van der Waals surface area (Å²) in [6.07, 6.45) is 4.45. The maximum atomic E-state index is 15.3. The Kier molecular flexibility index (Phi) is 5.11. The SMILES string of the molecule is CONC(=O)c1c[nH]c2cc(F)c(-c3ccc(C4CCCCO4)cc3)c(F)c12. The van der Waals surface area contributed by atoms with Gasteiger partial charge in [-0.15, -0.1) is 0 Å². The Bertz CT molecular complexity index is 1010. The molecule has 0 spiro atoms. The van der Waals surface area contributed by atoms with Gasteiger partial charge < -0.3 is 9.72 Å². The Morgan fingerprint density at radius 3 is 2.71 bits per heavy atom. The zero-order valence-electron chi connectivity index (χ0n) is 15.4. The van der Waals surface area contributed by atoms with Crippen LogP contribution in [0.25, 0.3) is 22.0 Å². The molecule has 1 unspecified atom stereocenters. The molecule has 1 fully saturated rings. The van der Waals surface area contributed by atoms with Gasteiger partial charge in [0.1, 0.15) is 11.6 Å². The number of halogens is 2. The topological polar surface area (TPSA) is 63.3 Å². The fourth-order valence-electron chi connectivity index (χ4n) is 3.68. The van der Waals surface area contributed by atoms with Crippen molar-refractivity contribution in [2.45, 2.75) is 25.4 Å². The molecule has 1 aliphatic rings. The number of ether oxygens (including phenoxy) is 1. The van der Waals surface area contributed by atoms with E-state index in [-0.39, 0.29) is 28.1 Å². The van der Waals surface area contributed by atoms with E-state index in [1.165, 1.54) is 19.4 Å². The molecule has 1 atom stereocenters. The molecular formula is C21H20F2N2O3. The molecule has 146 valence electrons. The van der Waals surface area contributed by atoms with E-state index in [4.69, 9.17) is 4.74 Å². The van der Waals surface area contributed by atoms with Crippen molar-refractivity contribution in [1.82, 2.24) is 10.5 Å². The van der Waals surface area contributed by atoms with E-state index in [0.717, 1.165) is 31.4 Å². The number of nitrogens with one attached hydrogen (secondary N) is 2. The summed E-state index contributed by atoms with van der Waals surface area (Å²) in [6, 6.07) is 8.23. The van der Waals surface area contributed by atoms with Crippen LogP contribution in [-0.4, -0.2) is 24.6 Å². The normalized spacial score (nSPS) is 17.0. The Morgan fingerprint density at radius 1 is 1.25 bits per heavy atom. The van der Waals surface area contributed by atoms with E-state index < -0.39 is 17.5 Å². The van der Waals surface area contributed by atoms with Crippen LogP contribution in [0.4, 0.5) is 8.78 Å². The number of fused-ring (bicyclic) bond motifs is 1. The summed E-state index contributed by atoms with van der Waals surface area (Å²) in [5.41, 5.74) is 3.62. The van der Waals surface area contributed by atoms with Crippen LogP contribution in [0, 0.1) is 11.6 Å². The van der Waals surface area contributed by atoms with E-state index in [1.54, 1.807) is 12.1 Å².